The highest BCUT2D eigenvalue weighted by Gasteiger charge is 2.70. The van der Waals surface area contributed by atoms with Gasteiger partial charge in [-0.3, -0.25) is 0 Å². The van der Waals surface area contributed by atoms with E-state index in [1.54, 1.807) is 13.0 Å². The van der Waals surface area contributed by atoms with Crippen molar-refractivity contribution >= 4 is 11.9 Å². The molecule has 3 heterocycles. The van der Waals surface area contributed by atoms with Crippen LogP contribution >= 0.6 is 0 Å². The van der Waals surface area contributed by atoms with Gasteiger partial charge in [0.05, 0.1) is 30.4 Å². The van der Waals surface area contributed by atoms with Crippen LogP contribution in [0.5, 0.6) is 0 Å². The molecule has 0 bridgehead atoms. The van der Waals surface area contributed by atoms with Gasteiger partial charge in [-0.2, -0.15) is 0 Å². The average Bonchev–Trinajstić information content (AvgIpc) is 3.08. The molecule has 5 atom stereocenters. The molecule has 0 saturated carbocycles. The number of rotatable bonds is 1. The highest BCUT2D eigenvalue weighted by Crippen LogP contribution is 2.57. The lowest BCUT2D eigenvalue weighted by atomic mass is 9.78. The molecule has 0 aromatic rings. The molecule has 6 heteroatoms. The molecule has 6 nitrogen and oxygen atoms in total. The average molecular weight is 290 g/mol. The SMILES string of the molecule is C/C=C1/C(=O)O[C@@]23C=C[C@H]4C(C(=O)OC)=CO[C@@H](O[C@@H]12)[C@@H]43. The van der Waals surface area contributed by atoms with E-state index in [0.717, 1.165) is 0 Å². The second-order valence-electron chi connectivity index (χ2n) is 5.48. The minimum Gasteiger partial charge on any atom is -0.471 e. The Morgan fingerprint density at radius 2 is 2.29 bits per heavy atom. The van der Waals surface area contributed by atoms with E-state index >= 15 is 0 Å². The summed E-state index contributed by atoms with van der Waals surface area (Å²) in [6.45, 7) is 1.77. The lowest BCUT2D eigenvalue weighted by Crippen LogP contribution is -2.43. The molecule has 4 aliphatic rings. The number of methoxy groups -OCH3 is 1. The molecule has 1 spiro atoms. The van der Waals surface area contributed by atoms with E-state index in [4.69, 9.17) is 18.9 Å². The summed E-state index contributed by atoms with van der Waals surface area (Å²) < 4.78 is 21.8. The van der Waals surface area contributed by atoms with E-state index in [0.29, 0.717) is 11.1 Å². The van der Waals surface area contributed by atoms with Gasteiger partial charge < -0.3 is 18.9 Å². The van der Waals surface area contributed by atoms with E-state index in [1.165, 1.54) is 13.4 Å². The van der Waals surface area contributed by atoms with Crippen molar-refractivity contribution in [3.05, 3.63) is 35.6 Å². The molecular weight excluding hydrogens is 276 g/mol. The van der Waals surface area contributed by atoms with Crippen LogP contribution in [0.4, 0.5) is 0 Å². The summed E-state index contributed by atoms with van der Waals surface area (Å²) in [4.78, 5) is 23.8. The third-order valence-electron chi connectivity index (χ3n) is 4.65. The monoisotopic (exact) mass is 290 g/mol. The first-order chi connectivity index (χ1) is 10.1. The first-order valence-corrected chi connectivity index (χ1v) is 6.80. The zero-order valence-corrected chi connectivity index (χ0v) is 11.6. The predicted octanol–water partition coefficient (Wildman–Crippen LogP) is 0.842. The molecule has 0 aromatic heterocycles. The van der Waals surface area contributed by atoms with Crippen LogP contribution in [-0.4, -0.2) is 37.0 Å². The molecule has 0 unspecified atom stereocenters. The molecule has 4 rings (SSSR count). The van der Waals surface area contributed by atoms with Gasteiger partial charge in [-0.25, -0.2) is 9.59 Å². The number of hydrogen-bond acceptors (Lipinski definition) is 6. The van der Waals surface area contributed by atoms with Crippen molar-refractivity contribution in [2.24, 2.45) is 11.8 Å². The van der Waals surface area contributed by atoms with Crippen LogP contribution in [0.3, 0.4) is 0 Å². The minimum atomic E-state index is -0.873. The van der Waals surface area contributed by atoms with Gasteiger partial charge in [0.1, 0.15) is 6.10 Å². The highest BCUT2D eigenvalue weighted by atomic mass is 16.7. The summed E-state index contributed by atoms with van der Waals surface area (Å²) in [5.74, 6) is -1.31. The van der Waals surface area contributed by atoms with E-state index in [9.17, 15) is 9.59 Å². The molecule has 21 heavy (non-hydrogen) atoms. The zero-order valence-electron chi connectivity index (χ0n) is 11.6. The van der Waals surface area contributed by atoms with Crippen LogP contribution < -0.4 is 0 Å². The summed E-state index contributed by atoms with van der Waals surface area (Å²) in [5.41, 5.74) is 0.0425. The lowest BCUT2D eigenvalue weighted by molar-refractivity contribution is -0.152. The smallest absolute Gasteiger partial charge is 0.337 e. The van der Waals surface area contributed by atoms with Crippen molar-refractivity contribution in [3.8, 4) is 0 Å². The second kappa shape index (κ2) is 3.98. The molecule has 0 radical (unpaired) electrons. The van der Waals surface area contributed by atoms with Crippen molar-refractivity contribution in [1.82, 2.24) is 0 Å². The van der Waals surface area contributed by atoms with E-state index in [2.05, 4.69) is 0 Å². The Morgan fingerprint density at radius 1 is 1.48 bits per heavy atom. The van der Waals surface area contributed by atoms with Crippen molar-refractivity contribution < 1.29 is 28.5 Å². The fourth-order valence-electron chi connectivity index (χ4n) is 3.74. The zero-order chi connectivity index (χ0) is 14.8. The van der Waals surface area contributed by atoms with E-state index in [-0.39, 0.29) is 17.8 Å². The van der Waals surface area contributed by atoms with E-state index < -0.39 is 24.0 Å². The molecule has 110 valence electrons. The van der Waals surface area contributed by atoms with Gasteiger partial charge in [0.25, 0.3) is 0 Å². The molecule has 0 aromatic carbocycles. The summed E-state index contributed by atoms with van der Waals surface area (Å²) in [5, 5.41) is 0. The first-order valence-electron chi connectivity index (χ1n) is 6.80. The topological polar surface area (TPSA) is 71.1 Å². The van der Waals surface area contributed by atoms with Crippen LogP contribution in [0, 0.1) is 11.8 Å². The first kappa shape index (κ1) is 12.6. The van der Waals surface area contributed by atoms with Crippen LogP contribution in [-0.2, 0) is 28.5 Å². The van der Waals surface area contributed by atoms with Crippen molar-refractivity contribution in [1.29, 1.82) is 0 Å². The van der Waals surface area contributed by atoms with Crippen LogP contribution in [0.1, 0.15) is 6.92 Å². The fraction of sp³-hybridized carbons (Fsp3) is 0.467. The normalized spacial score (nSPS) is 44.0. The van der Waals surface area contributed by atoms with Gasteiger partial charge in [-0.1, -0.05) is 12.2 Å². The number of esters is 2. The fourth-order valence-corrected chi connectivity index (χ4v) is 3.74. The van der Waals surface area contributed by atoms with Gasteiger partial charge in [0.2, 0.25) is 6.29 Å². The second-order valence-corrected chi connectivity index (χ2v) is 5.48. The Balaban J connectivity index is 1.78. The van der Waals surface area contributed by atoms with Crippen LogP contribution in [0.15, 0.2) is 35.6 Å². The number of carbonyl (C=O) groups is 2. The molecular formula is C15H14O6. The number of allylic oxidation sites excluding steroid dienone is 2. The highest BCUT2D eigenvalue weighted by molar-refractivity contribution is 5.94. The van der Waals surface area contributed by atoms with Crippen LogP contribution in [0.2, 0.25) is 0 Å². The maximum atomic E-state index is 12.0. The molecule has 0 amide bonds. The van der Waals surface area contributed by atoms with Crippen molar-refractivity contribution in [2.45, 2.75) is 24.9 Å². The molecule has 2 saturated heterocycles. The third-order valence-corrected chi connectivity index (χ3v) is 4.65. The maximum Gasteiger partial charge on any atom is 0.337 e. The van der Waals surface area contributed by atoms with Gasteiger partial charge in [-0.15, -0.1) is 0 Å². The lowest BCUT2D eigenvalue weighted by Gasteiger charge is -2.32. The summed E-state index contributed by atoms with van der Waals surface area (Å²) in [6, 6.07) is 0. The Labute approximate surface area is 121 Å². The third kappa shape index (κ3) is 1.35. The van der Waals surface area contributed by atoms with Gasteiger partial charge in [0, 0.05) is 5.92 Å². The summed E-state index contributed by atoms with van der Waals surface area (Å²) >= 11 is 0. The van der Waals surface area contributed by atoms with Crippen LogP contribution in [0.25, 0.3) is 0 Å². The van der Waals surface area contributed by atoms with Gasteiger partial charge >= 0.3 is 11.9 Å². The van der Waals surface area contributed by atoms with Crippen molar-refractivity contribution in [2.75, 3.05) is 7.11 Å². The number of carbonyl (C=O) groups excluding carboxylic acids is 2. The van der Waals surface area contributed by atoms with Gasteiger partial charge in [0.15, 0.2) is 5.60 Å². The standard InChI is InChI=1S/C15H14O6/c1-3-7-11-15(21-13(7)17)5-4-8-9(12(16)18-2)6-19-14(20-11)10(8)15/h3-6,8,10-11,14H,1-2H3/b7-3+/t8-,10+,11-,14-,15+/m0/s1. The Bertz CT molecular complexity index is 630. The maximum absolute atomic E-state index is 12.0. The quantitative estimate of drug-likeness (QED) is 0.405. The molecule has 1 aliphatic carbocycles. The minimum absolute atomic E-state index is 0.231. The van der Waals surface area contributed by atoms with E-state index in [1.807, 2.05) is 12.2 Å². The number of ether oxygens (including phenoxy) is 4. The Morgan fingerprint density at radius 3 is 3.00 bits per heavy atom. The van der Waals surface area contributed by atoms with Crippen molar-refractivity contribution in [3.63, 3.8) is 0 Å². The van der Waals surface area contributed by atoms with Gasteiger partial charge in [-0.05, 0) is 13.0 Å². The largest absolute Gasteiger partial charge is 0.471 e. The molecule has 3 aliphatic heterocycles. The summed E-state index contributed by atoms with van der Waals surface area (Å²) in [7, 11) is 1.32. The summed E-state index contributed by atoms with van der Waals surface area (Å²) in [6.07, 6.45) is 5.77. The Hall–Kier alpha value is -2.08. The number of hydrogen-bond donors (Lipinski definition) is 0. The predicted molar refractivity (Wildman–Crippen MR) is 68.5 cm³/mol. The molecule has 2 fully saturated rings. The Kier molecular flexibility index (Phi) is 2.39. The molecule has 0 N–H and O–H groups in total.